The Morgan fingerprint density at radius 2 is 1.88 bits per heavy atom. The first kappa shape index (κ1) is 11.4. The van der Waals surface area contributed by atoms with Crippen molar-refractivity contribution in [2.45, 2.75) is 51.0 Å². The molecule has 0 bridgehead atoms. The Bertz CT molecular complexity index is 278. The van der Waals surface area contributed by atoms with Crippen molar-refractivity contribution in [3.05, 3.63) is 0 Å². The lowest BCUT2D eigenvalue weighted by atomic mass is 9.88. The van der Waals surface area contributed by atoms with Gasteiger partial charge < -0.3 is 11.1 Å². The molecule has 0 radical (unpaired) electrons. The Morgan fingerprint density at radius 1 is 1.19 bits per heavy atom. The third kappa shape index (κ3) is 3.51. The highest BCUT2D eigenvalue weighted by molar-refractivity contribution is 5.86. The highest BCUT2D eigenvalue weighted by atomic mass is 16.1. The van der Waals surface area contributed by atoms with E-state index in [1.807, 2.05) is 0 Å². The molecular formula is C12H21N3O. The molecule has 0 saturated heterocycles. The number of nitrogens with one attached hydrogen (secondary N) is 1. The molecule has 2 fully saturated rings. The Morgan fingerprint density at radius 3 is 2.50 bits per heavy atom. The summed E-state index contributed by atoms with van der Waals surface area (Å²) in [6.07, 6.45) is 8.32. The molecular weight excluding hydrogens is 202 g/mol. The van der Waals surface area contributed by atoms with Crippen LogP contribution in [0.5, 0.6) is 0 Å². The van der Waals surface area contributed by atoms with Gasteiger partial charge in [0, 0.05) is 12.0 Å². The predicted octanol–water partition coefficient (Wildman–Crippen LogP) is 1.20. The molecule has 2 aliphatic carbocycles. The van der Waals surface area contributed by atoms with Crippen molar-refractivity contribution in [3.8, 4) is 0 Å². The Labute approximate surface area is 96.7 Å². The number of aliphatic imine (C=N–C) groups is 1. The monoisotopic (exact) mass is 223 g/mol. The predicted molar refractivity (Wildman–Crippen MR) is 64.2 cm³/mol. The fourth-order valence-electron chi connectivity index (χ4n) is 2.19. The molecule has 16 heavy (non-hydrogen) atoms. The van der Waals surface area contributed by atoms with E-state index >= 15 is 0 Å². The van der Waals surface area contributed by atoms with Crippen molar-refractivity contribution in [2.24, 2.45) is 16.6 Å². The molecule has 0 aromatic heterocycles. The SMILES string of the molecule is NC(=NCC(=O)NC1CC1)C1CCCCC1. The number of carbonyl (C=O) groups excluding carboxylic acids is 1. The van der Waals surface area contributed by atoms with Gasteiger partial charge in [-0.05, 0) is 25.7 Å². The molecule has 2 saturated carbocycles. The molecule has 2 aliphatic rings. The topological polar surface area (TPSA) is 67.5 Å². The highest BCUT2D eigenvalue weighted by Crippen LogP contribution is 2.23. The molecule has 3 N–H and O–H groups in total. The van der Waals surface area contributed by atoms with E-state index in [1.54, 1.807) is 0 Å². The first-order chi connectivity index (χ1) is 7.75. The number of amides is 1. The van der Waals surface area contributed by atoms with Gasteiger partial charge in [-0.3, -0.25) is 9.79 Å². The van der Waals surface area contributed by atoms with Crippen molar-refractivity contribution < 1.29 is 4.79 Å². The van der Waals surface area contributed by atoms with Crippen molar-refractivity contribution in [1.29, 1.82) is 0 Å². The van der Waals surface area contributed by atoms with Gasteiger partial charge >= 0.3 is 0 Å². The van der Waals surface area contributed by atoms with Gasteiger partial charge in [0.05, 0.1) is 5.84 Å². The van der Waals surface area contributed by atoms with Gasteiger partial charge in [0.15, 0.2) is 0 Å². The summed E-state index contributed by atoms with van der Waals surface area (Å²) in [7, 11) is 0. The van der Waals surface area contributed by atoms with E-state index in [9.17, 15) is 4.79 Å². The van der Waals surface area contributed by atoms with E-state index in [0.29, 0.717) is 17.8 Å². The molecule has 0 aromatic rings. The van der Waals surface area contributed by atoms with E-state index in [-0.39, 0.29) is 12.5 Å². The summed E-state index contributed by atoms with van der Waals surface area (Å²) in [5.74, 6) is 1.12. The van der Waals surface area contributed by atoms with Crippen LogP contribution >= 0.6 is 0 Å². The molecule has 1 amide bonds. The Balaban J connectivity index is 1.73. The molecule has 4 nitrogen and oxygen atoms in total. The van der Waals surface area contributed by atoms with Gasteiger partial charge in [0.25, 0.3) is 0 Å². The smallest absolute Gasteiger partial charge is 0.241 e. The largest absolute Gasteiger partial charge is 0.387 e. The summed E-state index contributed by atoms with van der Waals surface area (Å²) >= 11 is 0. The molecule has 0 aromatic carbocycles. The number of rotatable bonds is 4. The number of nitrogens with zero attached hydrogens (tertiary/aromatic N) is 1. The van der Waals surface area contributed by atoms with Crippen LogP contribution in [0.4, 0.5) is 0 Å². The summed E-state index contributed by atoms with van der Waals surface area (Å²) < 4.78 is 0. The van der Waals surface area contributed by atoms with Crippen LogP contribution < -0.4 is 11.1 Å². The average Bonchev–Trinajstić information content (AvgIpc) is 3.11. The summed E-state index contributed by atoms with van der Waals surface area (Å²) in [6.45, 7) is 0.207. The molecule has 0 spiro atoms. The number of carbonyl (C=O) groups is 1. The fourth-order valence-corrected chi connectivity index (χ4v) is 2.19. The second-order valence-electron chi connectivity index (χ2n) is 4.92. The van der Waals surface area contributed by atoms with E-state index in [1.165, 1.54) is 19.3 Å². The van der Waals surface area contributed by atoms with E-state index in [4.69, 9.17) is 5.73 Å². The minimum Gasteiger partial charge on any atom is -0.387 e. The lowest BCUT2D eigenvalue weighted by Crippen LogP contribution is -2.31. The maximum Gasteiger partial charge on any atom is 0.241 e. The van der Waals surface area contributed by atoms with Gasteiger partial charge in [-0.15, -0.1) is 0 Å². The first-order valence-electron chi connectivity index (χ1n) is 6.35. The van der Waals surface area contributed by atoms with Crippen molar-refractivity contribution in [3.63, 3.8) is 0 Å². The summed E-state index contributed by atoms with van der Waals surface area (Å²) in [5, 5.41) is 2.91. The van der Waals surface area contributed by atoms with Crippen LogP contribution in [0.15, 0.2) is 4.99 Å². The number of nitrogens with two attached hydrogens (primary N) is 1. The van der Waals surface area contributed by atoms with Crippen LogP contribution in [-0.4, -0.2) is 24.3 Å². The van der Waals surface area contributed by atoms with Crippen LogP contribution in [0, 0.1) is 5.92 Å². The number of hydrogen-bond acceptors (Lipinski definition) is 2. The highest BCUT2D eigenvalue weighted by Gasteiger charge is 2.23. The summed E-state index contributed by atoms with van der Waals surface area (Å²) in [6, 6.07) is 0.415. The summed E-state index contributed by atoms with van der Waals surface area (Å²) in [5.41, 5.74) is 5.91. The third-order valence-electron chi connectivity index (χ3n) is 3.37. The molecule has 90 valence electrons. The second kappa shape index (κ2) is 5.32. The maximum absolute atomic E-state index is 11.4. The van der Waals surface area contributed by atoms with Gasteiger partial charge in [-0.2, -0.15) is 0 Å². The summed E-state index contributed by atoms with van der Waals surface area (Å²) in [4.78, 5) is 15.6. The zero-order valence-electron chi connectivity index (χ0n) is 9.74. The minimum absolute atomic E-state index is 0.0151. The maximum atomic E-state index is 11.4. The quantitative estimate of drug-likeness (QED) is 0.555. The van der Waals surface area contributed by atoms with Crippen LogP contribution in [0.25, 0.3) is 0 Å². The number of hydrogen-bond donors (Lipinski definition) is 2. The lowest BCUT2D eigenvalue weighted by Gasteiger charge is -2.20. The Kier molecular flexibility index (Phi) is 3.80. The van der Waals surface area contributed by atoms with Gasteiger partial charge in [0.2, 0.25) is 5.91 Å². The Hall–Kier alpha value is -1.06. The number of amidine groups is 1. The molecule has 0 unspecified atom stereocenters. The van der Waals surface area contributed by atoms with Crippen LogP contribution in [-0.2, 0) is 4.79 Å². The van der Waals surface area contributed by atoms with E-state index < -0.39 is 0 Å². The standard InChI is InChI=1S/C12H21N3O/c13-12(9-4-2-1-3-5-9)14-8-11(16)15-10-6-7-10/h9-10H,1-8H2,(H2,13,14)(H,15,16). The van der Waals surface area contributed by atoms with Gasteiger partial charge in [-0.1, -0.05) is 19.3 Å². The normalized spacial score (nSPS) is 23.1. The molecule has 0 atom stereocenters. The van der Waals surface area contributed by atoms with E-state index in [2.05, 4.69) is 10.3 Å². The van der Waals surface area contributed by atoms with E-state index in [0.717, 1.165) is 25.7 Å². The van der Waals surface area contributed by atoms with Crippen molar-refractivity contribution >= 4 is 11.7 Å². The lowest BCUT2D eigenvalue weighted by molar-refractivity contribution is -0.119. The third-order valence-corrected chi connectivity index (χ3v) is 3.37. The zero-order valence-corrected chi connectivity index (χ0v) is 9.74. The fraction of sp³-hybridized carbons (Fsp3) is 0.833. The molecule has 2 rings (SSSR count). The van der Waals surface area contributed by atoms with Crippen molar-refractivity contribution in [1.82, 2.24) is 5.32 Å². The molecule has 4 heteroatoms. The molecule has 0 aliphatic heterocycles. The van der Waals surface area contributed by atoms with Gasteiger partial charge in [-0.25, -0.2) is 0 Å². The van der Waals surface area contributed by atoms with Crippen LogP contribution in [0.3, 0.4) is 0 Å². The molecule has 0 heterocycles. The zero-order chi connectivity index (χ0) is 11.4. The average molecular weight is 223 g/mol. The van der Waals surface area contributed by atoms with Crippen LogP contribution in [0.2, 0.25) is 0 Å². The second-order valence-corrected chi connectivity index (χ2v) is 4.92. The van der Waals surface area contributed by atoms with Crippen molar-refractivity contribution in [2.75, 3.05) is 6.54 Å². The minimum atomic E-state index is 0.0151. The van der Waals surface area contributed by atoms with Crippen LogP contribution in [0.1, 0.15) is 44.9 Å². The first-order valence-corrected chi connectivity index (χ1v) is 6.35. The van der Waals surface area contributed by atoms with Gasteiger partial charge in [0.1, 0.15) is 6.54 Å².